The number of nitrogens with one attached hydrogen (secondary N) is 1. The summed E-state index contributed by atoms with van der Waals surface area (Å²) in [5, 5.41) is 8.61. The van der Waals surface area contributed by atoms with Crippen molar-refractivity contribution in [2.75, 3.05) is 4.72 Å². The monoisotopic (exact) mass is 328 g/mol. The van der Waals surface area contributed by atoms with Crippen molar-refractivity contribution in [2.24, 2.45) is 0 Å². The molecular weight excluding hydrogens is 323 g/mol. The number of nitriles is 1. The van der Waals surface area contributed by atoms with Gasteiger partial charge in [-0.2, -0.15) is 5.26 Å². The average Bonchev–Trinajstić information content (AvgIpc) is 2.44. The van der Waals surface area contributed by atoms with Crippen molar-refractivity contribution in [3.05, 3.63) is 46.3 Å². The van der Waals surface area contributed by atoms with Crippen molar-refractivity contribution in [3.63, 3.8) is 0 Å². The molecule has 0 fully saturated rings. The van der Waals surface area contributed by atoms with Crippen LogP contribution in [0.5, 0.6) is 0 Å². The molecular formula is C11H6Cl2N4O2S. The maximum Gasteiger partial charge on any atom is 0.263 e. The zero-order chi connectivity index (χ0) is 14.8. The number of sulfonamides is 1. The van der Waals surface area contributed by atoms with E-state index in [9.17, 15) is 8.42 Å². The molecule has 0 saturated carbocycles. The first kappa shape index (κ1) is 14.5. The van der Waals surface area contributed by atoms with Crippen LogP contribution in [0.3, 0.4) is 0 Å². The first-order valence-electron chi connectivity index (χ1n) is 5.13. The first-order valence-corrected chi connectivity index (χ1v) is 7.37. The molecule has 2 rings (SSSR count). The Morgan fingerprint density at radius 2 is 2.00 bits per heavy atom. The van der Waals surface area contributed by atoms with Gasteiger partial charge in [-0.15, -0.1) is 0 Å². The van der Waals surface area contributed by atoms with Crippen LogP contribution in [-0.2, 0) is 10.0 Å². The maximum atomic E-state index is 12.2. The average molecular weight is 329 g/mol. The van der Waals surface area contributed by atoms with Gasteiger partial charge in [0.1, 0.15) is 11.3 Å². The van der Waals surface area contributed by atoms with Crippen LogP contribution >= 0.6 is 23.2 Å². The van der Waals surface area contributed by atoms with Crippen LogP contribution in [0.4, 0.5) is 5.82 Å². The van der Waals surface area contributed by atoms with E-state index in [2.05, 4.69) is 14.7 Å². The van der Waals surface area contributed by atoms with Gasteiger partial charge in [0.05, 0.1) is 16.5 Å². The van der Waals surface area contributed by atoms with Crippen LogP contribution in [0, 0.1) is 11.3 Å². The van der Waals surface area contributed by atoms with E-state index in [-0.39, 0.29) is 26.5 Å². The lowest BCUT2D eigenvalue weighted by molar-refractivity contribution is 0.601. The summed E-state index contributed by atoms with van der Waals surface area (Å²) in [4.78, 5) is 7.24. The molecule has 0 atom stereocenters. The van der Waals surface area contributed by atoms with Gasteiger partial charge in [0, 0.05) is 0 Å². The van der Waals surface area contributed by atoms with Gasteiger partial charge < -0.3 is 0 Å². The van der Waals surface area contributed by atoms with Gasteiger partial charge in [0.2, 0.25) is 0 Å². The molecule has 0 aliphatic rings. The molecule has 0 radical (unpaired) electrons. The second-order valence-electron chi connectivity index (χ2n) is 3.57. The molecule has 0 aliphatic heterocycles. The molecule has 0 saturated heterocycles. The predicted molar refractivity (Wildman–Crippen MR) is 74.0 cm³/mol. The summed E-state index contributed by atoms with van der Waals surface area (Å²) in [7, 11) is -3.92. The molecule has 1 aromatic heterocycles. The summed E-state index contributed by atoms with van der Waals surface area (Å²) in [6, 6.07) is 7.39. The van der Waals surface area contributed by atoms with Gasteiger partial charge >= 0.3 is 0 Å². The Labute approximate surface area is 125 Å². The van der Waals surface area contributed by atoms with Gasteiger partial charge in [-0.1, -0.05) is 29.3 Å². The second-order valence-corrected chi connectivity index (χ2v) is 5.99. The van der Waals surface area contributed by atoms with E-state index >= 15 is 0 Å². The third kappa shape index (κ3) is 2.99. The van der Waals surface area contributed by atoms with Crippen molar-refractivity contribution >= 4 is 39.0 Å². The topological polar surface area (TPSA) is 95.7 Å². The lowest BCUT2D eigenvalue weighted by atomic mass is 10.2. The Hall–Kier alpha value is -1.88. The van der Waals surface area contributed by atoms with Crippen molar-refractivity contribution in [2.45, 2.75) is 4.90 Å². The number of benzene rings is 1. The van der Waals surface area contributed by atoms with Crippen LogP contribution in [0.1, 0.15) is 5.56 Å². The van der Waals surface area contributed by atoms with Crippen LogP contribution in [0.25, 0.3) is 0 Å². The molecule has 6 nitrogen and oxygen atoms in total. The minimum Gasteiger partial charge on any atom is -0.262 e. The van der Waals surface area contributed by atoms with Crippen molar-refractivity contribution in [3.8, 4) is 6.07 Å². The first-order chi connectivity index (χ1) is 9.44. The van der Waals surface area contributed by atoms with E-state index in [0.29, 0.717) is 0 Å². The summed E-state index contributed by atoms with van der Waals surface area (Å²) in [6.45, 7) is 0. The number of nitrogens with zero attached hydrogens (tertiary/aromatic N) is 3. The van der Waals surface area contributed by atoms with E-state index in [0.717, 1.165) is 6.33 Å². The van der Waals surface area contributed by atoms with Crippen LogP contribution in [-0.4, -0.2) is 18.4 Å². The lowest BCUT2D eigenvalue weighted by Gasteiger charge is -2.08. The van der Waals surface area contributed by atoms with E-state index in [1.54, 1.807) is 0 Å². The summed E-state index contributed by atoms with van der Waals surface area (Å²) in [5.41, 5.74) is 0.222. The molecule has 1 heterocycles. The number of aromatic nitrogens is 2. The molecule has 0 amide bonds. The largest absolute Gasteiger partial charge is 0.263 e. The third-order valence-corrected chi connectivity index (χ3v) is 4.33. The van der Waals surface area contributed by atoms with E-state index in [4.69, 9.17) is 28.5 Å². The molecule has 20 heavy (non-hydrogen) atoms. The van der Waals surface area contributed by atoms with E-state index in [1.165, 1.54) is 24.3 Å². The molecule has 1 aromatic carbocycles. The molecule has 9 heteroatoms. The standard InChI is InChI=1S/C11H6Cl2N4O2S/c12-9-10(13)15-6-16-11(9)17-20(18,19)8-3-1-2-7(4-8)5-14/h1-4,6H,(H,15,16,17). The Morgan fingerprint density at radius 1 is 1.25 bits per heavy atom. The van der Waals surface area contributed by atoms with Gasteiger partial charge in [0.25, 0.3) is 10.0 Å². The van der Waals surface area contributed by atoms with Gasteiger partial charge in [-0.25, -0.2) is 18.4 Å². The number of hydrogen-bond acceptors (Lipinski definition) is 5. The summed E-state index contributed by atoms with van der Waals surface area (Å²) < 4.78 is 26.5. The highest BCUT2D eigenvalue weighted by Gasteiger charge is 2.18. The van der Waals surface area contributed by atoms with Crippen LogP contribution in [0.2, 0.25) is 10.2 Å². The Morgan fingerprint density at radius 3 is 2.70 bits per heavy atom. The Kier molecular flexibility index (Phi) is 4.09. The highest BCUT2D eigenvalue weighted by Crippen LogP contribution is 2.27. The Bertz CT molecular complexity index is 802. The normalized spacial score (nSPS) is 10.8. The molecule has 0 bridgehead atoms. The van der Waals surface area contributed by atoms with Gasteiger partial charge in [-0.3, -0.25) is 4.72 Å². The fraction of sp³-hybridized carbons (Fsp3) is 0. The predicted octanol–water partition coefficient (Wildman–Crippen LogP) is 2.46. The fourth-order valence-corrected chi connectivity index (χ4v) is 2.74. The van der Waals surface area contributed by atoms with E-state index < -0.39 is 10.0 Å². The van der Waals surface area contributed by atoms with Crippen LogP contribution in [0.15, 0.2) is 35.5 Å². The van der Waals surface area contributed by atoms with Gasteiger partial charge in [0.15, 0.2) is 11.0 Å². The molecule has 0 aliphatic carbocycles. The van der Waals surface area contributed by atoms with Crippen molar-refractivity contribution in [1.82, 2.24) is 9.97 Å². The molecule has 0 unspecified atom stereocenters. The van der Waals surface area contributed by atoms with Crippen LogP contribution < -0.4 is 4.72 Å². The maximum absolute atomic E-state index is 12.2. The Balaban J connectivity index is 2.41. The smallest absolute Gasteiger partial charge is 0.262 e. The third-order valence-electron chi connectivity index (χ3n) is 2.25. The molecule has 102 valence electrons. The van der Waals surface area contributed by atoms with Crippen molar-refractivity contribution < 1.29 is 8.42 Å². The summed E-state index contributed by atoms with van der Waals surface area (Å²) >= 11 is 11.5. The molecule has 0 spiro atoms. The van der Waals surface area contributed by atoms with Crippen molar-refractivity contribution in [1.29, 1.82) is 5.26 Å². The minimum atomic E-state index is -3.92. The van der Waals surface area contributed by atoms with Gasteiger partial charge in [-0.05, 0) is 18.2 Å². The summed E-state index contributed by atoms with van der Waals surface area (Å²) in [6.07, 6.45) is 1.08. The highest BCUT2D eigenvalue weighted by atomic mass is 35.5. The number of anilines is 1. The number of rotatable bonds is 3. The van der Waals surface area contributed by atoms with E-state index in [1.807, 2.05) is 6.07 Å². The number of hydrogen-bond donors (Lipinski definition) is 1. The summed E-state index contributed by atoms with van der Waals surface area (Å²) in [5.74, 6) is -0.131. The molecule has 2 aromatic rings. The minimum absolute atomic E-state index is 0.0647. The molecule has 1 N–H and O–H groups in total. The highest BCUT2D eigenvalue weighted by molar-refractivity contribution is 7.92. The zero-order valence-corrected chi connectivity index (χ0v) is 12.0. The SMILES string of the molecule is N#Cc1cccc(S(=O)(=O)Nc2ncnc(Cl)c2Cl)c1. The fourth-order valence-electron chi connectivity index (χ4n) is 1.34. The number of halogens is 2. The lowest BCUT2D eigenvalue weighted by Crippen LogP contribution is -2.14. The zero-order valence-electron chi connectivity index (χ0n) is 9.71. The quantitative estimate of drug-likeness (QED) is 0.873. The second kappa shape index (κ2) is 5.63.